The number of benzene rings is 1. The van der Waals surface area contributed by atoms with E-state index in [0.29, 0.717) is 0 Å². The van der Waals surface area contributed by atoms with Crippen molar-refractivity contribution < 1.29 is 9.90 Å². The molecule has 3 heteroatoms. The summed E-state index contributed by atoms with van der Waals surface area (Å²) < 4.78 is 0. The van der Waals surface area contributed by atoms with Crippen molar-refractivity contribution in [2.24, 2.45) is 0 Å². The van der Waals surface area contributed by atoms with Crippen LogP contribution in [0, 0.1) is 0 Å². The second kappa shape index (κ2) is 5.53. The second-order valence-electron chi connectivity index (χ2n) is 5.09. The molecule has 0 spiro atoms. The zero-order chi connectivity index (χ0) is 13.0. The summed E-state index contributed by atoms with van der Waals surface area (Å²) in [6.07, 6.45) is 4.22. The minimum Gasteiger partial charge on any atom is -0.481 e. The van der Waals surface area contributed by atoms with Crippen molar-refractivity contribution in [1.29, 1.82) is 0 Å². The van der Waals surface area contributed by atoms with Gasteiger partial charge in [-0.05, 0) is 43.4 Å². The summed E-state index contributed by atoms with van der Waals surface area (Å²) in [5.41, 5.74) is 2.12. The SMILES string of the molecule is CCCNC1(CC(=O)O)CCCc2ccccc21. The van der Waals surface area contributed by atoms with E-state index in [4.69, 9.17) is 0 Å². The van der Waals surface area contributed by atoms with Crippen LogP contribution in [0.3, 0.4) is 0 Å². The Kier molecular flexibility index (Phi) is 4.02. The lowest BCUT2D eigenvalue weighted by atomic mass is 9.74. The summed E-state index contributed by atoms with van der Waals surface area (Å²) in [5, 5.41) is 12.7. The Bertz CT molecular complexity index is 430. The maximum atomic E-state index is 11.2. The standard InChI is InChI=1S/C15H21NO2/c1-2-10-16-15(11-14(17)18)9-5-7-12-6-3-4-8-13(12)15/h3-4,6,8,16H,2,5,7,9-11H2,1H3,(H,17,18). The lowest BCUT2D eigenvalue weighted by molar-refractivity contribution is -0.139. The highest BCUT2D eigenvalue weighted by molar-refractivity contribution is 5.69. The summed E-state index contributed by atoms with van der Waals surface area (Å²) >= 11 is 0. The molecule has 0 saturated heterocycles. The van der Waals surface area contributed by atoms with Crippen LogP contribution in [-0.4, -0.2) is 17.6 Å². The highest BCUT2D eigenvalue weighted by atomic mass is 16.4. The number of aryl methyl sites for hydroxylation is 1. The average Bonchev–Trinajstić information content (AvgIpc) is 2.36. The molecule has 0 aliphatic heterocycles. The van der Waals surface area contributed by atoms with E-state index in [1.807, 2.05) is 12.1 Å². The number of hydrogen-bond acceptors (Lipinski definition) is 2. The molecule has 1 aliphatic carbocycles. The summed E-state index contributed by atoms with van der Waals surface area (Å²) in [5.74, 6) is -0.727. The van der Waals surface area contributed by atoms with Gasteiger partial charge in [0.15, 0.2) is 0 Å². The first-order valence-electron chi connectivity index (χ1n) is 6.73. The fourth-order valence-corrected chi connectivity index (χ4v) is 2.97. The highest BCUT2D eigenvalue weighted by Crippen LogP contribution is 2.37. The van der Waals surface area contributed by atoms with Gasteiger partial charge in [0, 0.05) is 0 Å². The van der Waals surface area contributed by atoms with Gasteiger partial charge < -0.3 is 10.4 Å². The van der Waals surface area contributed by atoms with Gasteiger partial charge in [-0.3, -0.25) is 4.79 Å². The molecule has 0 bridgehead atoms. The molecule has 1 aliphatic rings. The Morgan fingerprint density at radius 1 is 1.44 bits per heavy atom. The molecule has 0 fully saturated rings. The van der Waals surface area contributed by atoms with Crippen LogP contribution in [0.4, 0.5) is 0 Å². The molecule has 0 heterocycles. The molecule has 1 atom stereocenters. The average molecular weight is 247 g/mol. The number of carboxylic acid groups (broad SMARTS) is 1. The molecule has 1 unspecified atom stereocenters. The predicted octanol–water partition coefficient (Wildman–Crippen LogP) is 2.69. The van der Waals surface area contributed by atoms with Crippen LogP contribution in [0.2, 0.25) is 0 Å². The third-order valence-corrected chi connectivity index (χ3v) is 3.75. The van der Waals surface area contributed by atoms with Gasteiger partial charge in [0.1, 0.15) is 0 Å². The minimum absolute atomic E-state index is 0.171. The Labute approximate surface area is 108 Å². The maximum absolute atomic E-state index is 11.2. The van der Waals surface area contributed by atoms with Gasteiger partial charge in [-0.25, -0.2) is 0 Å². The summed E-state index contributed by atoms with van der Waals surface area (Å²) in [6.45, 7) is 2.97. The summed E-state index contributed by atoms with van der Waals surface area (Å²) in [4.78, 5) is 11.2. The van der Waals surface area contributed by atoms with Crippen molar-refractivity contribution in [2.45, 2.75) is 44.6 Å². The van der Waals surface area contributed by atoms with Crippen LogP contribution >= 0.6 is 0 Å². The van der Waals surface area contributed by atoms with Crippen molar-refractivity contribution >= 4 is 5.97 Å². The number of nitrogens with one attached hydrogen (secondary N) is 1. The van der Waals surface area contributed by atoms with Crippen LogP contribution in [0.25, 0.3) is 0 Å². The fraction of sp³-hybridized carbons (Fsp3) is 0.533. The predicted molar refractivity (Wildman–Crippen MR) is 71.6 cm³/mol. The van der Waals surface area contributed by atoms with Gasteiger partial charge in [0.25, 0.3) is 0 Å². The Hall–Kier alpha value is -1.35. The topological polar surface area (TPSA) is 49.3 Å². The lowest BCUT2D eigenvalue weighted by Gasteiger charge is -2.39. The molecule has 0 radical (unpaired) electrons. The molecule has 98 valence electrons. The van der Waals surface area contributed by atoms with E-state index in [0.717, 1.165) is 32.2 Å². The molecule has 18 heavy (non-hydrogen) atoms. The third kappa shape index (κ3) is 2.56. The first-order valence-corrected chi connectivity index (χ1v) is 6.73. The monoisotopic (exact) mass is 247 g/mol. The number of aliphatic carboxylic acids is 1. The molecule has 1 aromatic carbocycles. The van der Waals surface area contributed by atoms with Gasteiger partial charge in [-0.15, -0.1) is 0 Å². The normalized spacial score (nSPS) is 22.5. The molecular formula is C15H21NO2. The lowest BCUT2D eigenvalue weighted by Crippen LogP contribution is -2.46. The van der Waals surface area contributed by atoms with Crippen molar-refractivity contribution in [3.05, 3.63) is 35.4 Å². The van der Waals surface area contributed by atoms with Crippen molar-refractivity contribution in [3.63, 3.8) is 0 Å². The molecule has 0 aromatic heterocycles. The highest BCUT2D eigenvalue weighted by Gasteiger charge is 2.37. The Morgan fingerprint density at radius 2 is 2.22 bits per heavy atom. The van der Waals surface area contributed by atoms with Gasteiger partial charge in [0.2, 0.25) is 0 Å². The van der Waals surface area contributed by atoms with E-state index in [1.165, 1.54) is 11.1 Å². The Balaban J connectivity index is 2.37. The summed E-state index contributed by atoms with van der Waals surface area (Å²) in [7, 11) is 0. The van der Waals surface area contributed by atoms with Crippen LogP contribution in [0.1, 0.15) is 43.7 Å². The smallest absolute Gasteiger partial charge is 0.305 e. The van der Waals surface area contributed by atoms with Gasteiger partial charge in [-0.1, -0.05) is 31.2 Å². The van der Waals surface area contributed by atoms with Gasteiger partial charge in [-0.2, -0.15) is 0 Å². The number of carboxylic acids is 1. The van der Waals surface area contributed by atoms with E-state index in [2.05, 4.69) is 24.4 Å². The number of carbonyl (C=O) groups is 1. The summed E-state index contributed by atoms with van der Waals surface area (Å²) in [6, 6.07) is 8.25. The molecular weight excluding hydrogens is 226 g/mol. The molecule has 0 amide bonds. The van der Waals surface area contributed by atoms with Crippen LogP contribution in [-0.2, 0) is 16.8 Å². The Morgan fingerprint density at radius 3 is 2.94 bits per heavy atom. The number of rotatable bonds is 5. The zero-order valence-electron chi connectivity index (χ0n) is 10.9. The minimum atomic E-state index is -0.727. The molecule has 1 aromatic rings. The van der Waals surface area contributed by atoms with E-state index < -0.39 is 5.97 Å². The van der Waals surface area contributed by atoms with E-state index in [1.54, 1.807) is 0 Å². The van der Waals surface area contributed by atoms with Crippen molar-refractivity contribution in [3.8, 4) is 0 Å². The maximum Gasteiger partial charge on any atom is 0.305 e. The van der Waals surface area contributed by atoms with Crippen molar-refractivity contribution in [1.82, 2.24) is 5.32 Å². The fourth-order valence-electron chi connectivity index (χ4n) is 2.97. The van der Waals surface area contributed by atoms with Gasteiger partial charge in [0.05, 0.1) is 12.0 Å². The van der Waals surface area contributed by atoms with Crippen LogP contribution in [0.5, 0.6) is 0 Å². The second-order valence-corrected chi connectivity index (χ2v) is 5.09. The van der Waals surface area contributed by atoms with Crippen LogP contribution in [0.15, 0.2) is 24.3 Å². The molecule has 0 saturated carbocycles. The molecule has 3 nitrogen and oxygen atoms in total. The first-order chi connectivity index (χ1) is 8.68. The first kappa shape index (κ1) is 13.1. The van der Waals surface area contributed by atoms with E-state index in [9.17, 15) is 9.90 Å². The molecule has 2 rings (SSSR count). The quantitative estimate of drug-likeness (QED) is 0.841. The number of fused-ring (bicyclic) bond motifs is 1. The van der Waals surface area contributed by atoms with E-state index >= 15 is 0 Å². The zero-order valence-corrected chi connectivity index (χ0v) is 10.9. The number of hydrogen-bond donors (Lipinski definition) is 2. The van der Waals surface area contributed by atoms with Crippen LogP contribution < -0.4 is 5.32 Å². The van der Waals surface area contributed by atoms with Crippen molar-refractivity contribution in [2.75, 3.05) is 6.54 Å². The van der Waals surface area contributed by atoms with Gasteiger partial charge >= 0.3 is 5.97 Å². The largest absolute Gasteiger partial charge is 0.481 e. The molecule has 2 N–H and O–H groups in total. The van der Waals surface area contributed by atoms with E-state index in [-0.39, 0.29) is 12.0 Å². The third-order valence-electron chi connectivity index (χ3n) is 3.75.